The summed E-state index contributed by atoms with van der Waals surface area (Å²) in [6, 6.07) is 14.8. The van der Waals surface area contributed by atoms with Crippen molar-refractivity contribution >= 4 is 15.7 Å². The first-order valence-electron chi connectivity index (χ1n) is 14.4. The molecule has 2 aliphatic rings. The second-order valence-corrected chi connectivity index (χ2v) is 12.7. The summed E-state index contributed by atoms with van der Waals surface area (Å²) in [4.78, 5) is 18.2. The third-order valence-electron chi connectivity index (χ3n) is 7.80. The minimum absolute atomic E-state index is 0.0472. The van der Waals surface area contributed by atoms with Gasteiger partial charge in [0.2, 0.25) is 15.8 Å². The second kappa shape index (κ2) is 13.1. The van der Waals surface area contributed by atoms with E-state index >= 15 is 0 Å². The Morgan fingerprint density at radius 2 is 1.63 bits per heavy atom. The van der Waals surface area contributed by atoms with E-state index in [4.69, 9.17) is 4.74 Å². The molecule has 0 amide bonds. The smallest absolute Gasteiger partial charge is 0.316 e. The number of hydrogen-bond donors (Lipinski definition) is 0. The normalized spacial score (nSPS) is 17.6. The van der Waals surface area contributed by atoms with Gasteiger partial charge in [-0.1, -0.05) is 43.7 Å². The molecule has 0 spiro atoms. The third-order valence-corrected chi connectivity index (χ3v) is 9.65. The summed E-state index contributed by atoms with van der Waals surface area (Å²) in [5, 5.41) is 4.40. The average Bonchev–Trinajstić information content (AvgIpc) is 2.99. The number of benzene rings is 2. The Morgan fingerprint density at radius 3 is 2.29 bits per heavy atom. The van der Waals surface area contributed by atoms with E-state index in [-0.39, 0.29) is 17.6 Å². The van der Waals surface area contributed by atoms with Crippen LogP contribution in [0.15, 0.2) is 65.6 Å². The summed E-state index contributed by atoms with van der Waals surface area (Å²) in [7, 11) is -3.48. The van der Waals surface area contributed by atoms with Crippen LogP contribution in [0.2, 0.25) is 0 Å². The first kappa shape index (κ1) is 29.2. The van der Waals surface area contributed by atoms with Gasteiger partial charge in [-0.05, 0) is 55.6 Å². The standard InChI is InChI=1S/C30H38FN5O4S/c1-2-3-15-33-16-13-27(14-17-33)40-29-28(22-32-36(30(29)37)26-11-9-25(31)10-12-26)34-18-20-35(21-19-34)41(38,39)23-24-7-5-4-6-8-24/h4-12,22,27H,2-3,13-21,23H2,1H3. The molecule has 2 aromatic carbocycles. The number of ether oxygens (including phenoxy) is 1. The number of sulfonamides is 1. The van der Waals surface area contributed by atoms with Gasteiger partial charge in [-0.25, -0.2) is 12.8 Å². The molecule has 1 aromatic heterocycles. The highest BCUT2D eigenvalue weighted by molar-refractivity contribution is 7.88. The quantitative estimate of drug-likeness (QED) is 0.360. The SMILES string of the molecule is CCCCN1CCC(Oc2c(N3CCN(S(=O)(=O)Cc4ccccc4)CC3)cnn(-c3ccc(F)cc3)c2=O)CC1. The summed E-state index contributed by atoms with van der Waals surface area (Å²) in [6.07, 6.45) is 5.43. The zero-order valence-corrected chi connectivity index (χ0v) is 24.3. The Morgan fingerprint density at radius 1 is 0.951 bits per heavy atom. The van der Waals surface area contributed by atoms with Crippen molar-refractivity contribution in [2.24, 2.45) is 0 Å². The van der Waals surface area contributed by atoms with Crippen molar-refractivity contribution in [2.45, 2.75) is 44.5 Å². The number of aromatic nitrogens is 2. The summed E-state index contributed by atoms with van der Waals surface area (Å²) < 4.78 is 48.9. The topological polar surface area (TPSA) is 88.0 Å². The monoisotopic (exact) mass is 583 g/mol. The van der Waals surface area contributed by atoms with Crippen molar-refractivity contribution < 1.29 is 17.5 Å². The number of hydrogen-bond acceptors (Lipinski definition) is 7. The molecule has 0 unspecified atom stereocenters. The number of piperidine rings is 1. The molecule has 0 radical (unpaired) electrons. The van der Waals surface area contributed by atoms with Crippen LogP contribution in [0.25, 0.3) is 5.69 Å². The third kappa shape index (κ3) is 7.14. The summed E-state index contributed by atoms with van der Waals surface area (Å²) in [6.45, 7) is 6.48. The van der Waals surface area contributed by atoms with Gasteiger partial charge in [0, 0.05) is 39.3 Å². The Balaban J connectivity index is 1.35. The fourth-order valence-corrected chi connectivity index (χ4v) is 6.93. The Labute approximate surface area is 241 Å². The summed E-state index contributed by atoms with van der Waals surface area (Å²) in [5.74, 6) is -0.240. The molecule has 5 rings (SSSR count). The molecule has 220 valence electrons. The molecule has 0 aliphatic carbocycles. The number of anilines is 1. The van der Waals surface area contributed by atoms with E-state index in [0.717, 1.165) is 50.9 Å². The molecule has 0 N–H and O–H groups in total. The highest BCUT2D eigenvalue weighted by Gasteiger charge is 2.31. The Hall–Kier alpha value is -3.28. The van der Waals surface area contributed by atoms with Crippen molar-refractivity contribution in [3.05, 3.63) is 82.5 Å². The molecule has 11 heteroatoms. The van der Waals surface area contributed by atoms with E-state index in [9.17, 15) is 17.6 Å². The lowest BCUT2D eigenvalue weighted by Gasteiger charge is -2.37. The highest BCUT2D eigenvalue weighted by atomic mass is 32.2. The van der Waals surface area contributed by atoms with Crippen molar-refractivity contribution in [2.75, 3.05) is 50.7 Å². The van der Waals surface area contributed by atoms with E-state index in [1.54, 1.807) is 6.20 Å². The predicted octanol–water partition coefficient (Wildman–Crippen LogP) is 3.67. The maximum atomic E-state index is 13.8. The van der Waals surface area contributed by atoms with Crippen molar-refractivity contribution in [3.8, 4) is 11.4 Å². The van der Waals surface area contributed by atoms with Crippen molar-refractivity contribution in [1.82, 2.24) is 19.0 Å². The molecular weight excluding hydrogens is 545 g/mol. The fourth-order valence-electron chi connectivity index (χ4n) is 5.41. The lowest BCUT2D eigenvalue weighted by atomic mass is 10.1. The van der Waals surface area contributed by atoms with E-state index in [1.807, 2.05) is 35.2 Å². The number of piperazine rings is 1. The fraction of sp³-hybridized carbons (Fsp3) is 0.467. The number of rotatable bonds is 10. The van der Waals surface area contributed by atoms with Gasteiger partial charge in [0.15, 0.2) is 0 Å². The number of halogens is 1. The van der Waals surface area contributed by atoms with Crippen LogP contribution in [-0.2, 0) is 15.8 Å². The molecule has 0 bridgehead atoms. The van der Waals surface area contributed by atoms with Gasteiger partial charge in [-0.3, -0.25) is 4.79 Å². The van der Waals surface area contributed by atoms with E-state index in [2.05, 4.69) is 16.9 Å². The molecule has 2 aliphatic heterocycles. The van der Waals surface area contributed by atoms with Crippen LogP contribution in [-0.4, -0.2) is 79.3 Å². The van der Waals surface area contributed by atoms with Crippen LogP contribution in [0, 0.1) is 5.82 Å². The minimum Gasteiger partial charge on any atom is -0.483 e. The van der Waals surface area contributed by atoms with Crippen molar-refractivity contribution in [1.29, 1.82) is 0 Å². The minimum atomic E-state index is -3.48. The van der Waals surface area contributed by atoms with Crippen LogP contribution in [0.3, 0.4) is 0 Å². The Bertz CT molecular complexity index is 1450. The molecule has 2 fully saturated rings. The molecule has 3 aromatic rings. The van der Waals surface area contributed by atoms with Gasteiger partial charge in [0.1, 0.15) is 17.6 Å². The van der Waals surface area contributed by atoms with Crippen LogP contribution >= 0.6 is 0 Å². The maximum Gasteiger partial charge on any atom is 0.316 e. The largest absolute Gasteiger partial charge is 0.483 e. The molecule has 9 nitrogen and oxygen atoms in total. The lowest BCUT2D eigenvalue weighted by molar-refractivity contribution is 0.0984. The van der Waals surface area contributed by atoms with Gasteiger partial charge < -0.3 is 14.5 Å². The molecule has 3 heterocycles. The number of nitrogens with zero attached hydrogens (tertiary/aromatic N) is 5. The molecule has 2 saturated heterocycles. The summed E-state index contributed by atoms with van der Waals surface area (Å²) >= 11 is 0. The van der Waals surface area contributed by atoms with Crippen LogP contribution in [0.5, 0.6) is 5.75 Å². The van der Waals surface area contributed by atoms with E-state index in [0.29, 0.717) is 37.6 Å². The lowest BCUT2D eigenvalue weighted by Crippen LogP contribution is -2.49. The molecular formula is C30H38FN5O4S. The predicted molar refractivity (Wildman–Crippen MR) is 158 cm³/mol. The van der Waals surface area contributed by atoms with E-state index in [1.165, 1.54) is 33.3 Å². The van der Waals surface area contributed by atoms with Crippen molar-refractivity contribution in [3.63, 3.8) is 0 Å². The average molecular weight is 584 g/mol. The van der Waals surface area contributed by atoms with Crippen LogP contribution in [0.1, 0.15) is 38.2 Å². The molecule has 0 saturated carbocycles. The second-order valence-electron chi connectivity index (χ2n) is 10.7. The maximum absolute atomic E-state index is 13.8. The van der Waals surface area contributed by atoms with Gasteiger partial charge in [0.25, 0.3) is 0 Å². The Kier molecular flexibility index (Phi) is 9.36. The molecule has 41 heavy (non-hydrogen) atoms. The first-order chi connectivity index (χ1) is 19.8. The van der Waals surface area contributed by atoms with Gasteiger partial charge in [0.05, 0.1) is 17.6 Å². The van der Waals surface area contributed by atoms with Crippen LogP contribution < -0.4 is 15.2 Å². The highest BCUT2D eigenvalue weighted by Crippen LogP contribution is 2.29. The zero-order chi connectivity index (χ0) is 28.8. The molecule has 0 atom stereocenters. The number of unbranched alkanes of at least 4 members (excludes halogenated alkanes) is 1. The van der Waals surface area contributed by atoms with Gasteiger partial charge >= 0.3 is 5.56 Å². The summed E-state index contributed by atoms with van der Waals surface area (Å²) in [5.41, 5.74) is 1.34. The van der Waals surface area contributed by atoms with E-state index < -0.39 is 21.4 Å². The zero-order valence-electron chi connectivity index (χ0n) is 23.5. The van der Waals surface area contributed by atoms with Crippen LogP contribution in [0.4, 0.5) is 10.1 Å². The first-order valence-corrected chi connectivity index (χ1v) is 16.0. The van der Waals surface area contributed by atoms with Gasteiger partial charge in [-0.2, -0.15) is 14.1 Å². The number of likely N-dealkylation sites (tertiary alicyclic amines) is 1. The van der Waals surface area contributed by atoms with Gasteiger partial charge in [-0.15, -0.1) is 0 Å².